The fourth-order valence-electron chi connectivity index (χ4n) is 1.87. The van der Waals surface area contributed by atoms with Crippen LogP contribution >= 0.6 is 22.9 Å². The standard InChI is InChI=1S/C13H14ClNO4S2/c1-3-5-21(17,18)9-7-20-12-10(14)8(6-15-11(9)12)13(16)19-4-2/h6-7H,3-5H2,1-2H3. The molecule has 0 radical (unpaired) electrons. The van der Waals surface area contributed by atoms with Crippen molar-refractivity contribution in [1.29, 1.82) is 0 Å². The van der Waals surface area contributed by atoms with Crippen molar-refractivity contribution in [2.24, 2.45) is 0 Å². The third-order valence-corrected chi connectivity index (χ3v) is 6.36. The maximum Gasteiger partial charge on any atom is 0.341 e. The molecule has 0 atom stereocenters. The second-order valence-corrected chi connectivity index (χ2v) is 7.64. The van der Waals surface area contributed by atoms with Gasteiger partial charge in [-0.05, 0) is 13.3 Å². The molecule has 0 fully saturated rings. The van der Waals surface area contributed by atoms with Crippen molar-refractivity contribution in [2.75, 3.05) is 12.4 Å². The van der Waals surface area contributed by atoms with Gasteiger partial charge in [-0.3, -0.25) is 4.98 Å². The van der Waals surface area contributed by atoms with E-state index in [2.05, 4.69) is 4.98 Å². The Morgan fingerprint density at radius 1 is 1.43 bits per heavy atom. The molecule has 21 heavy (non-hydrogen) atoms. The summed E-state index contributed by atoms with van der Waals surface area (Å²) in [5.74, 6) is -0.513. The van der Waals surface area contributed by atoms with Crippen molar-refractivity contribution in [1.82, 2.24) is 4.98 Å². The number of halogens is 1. The van der Waals surface area contributed by atoms with Gasteiger partial charge in [0.15, 0.2) is 9.84 Å². The van der Waals surface area contributed by atoms with Crippen molar-refractivity contribution < 1.29 is 17.9 Å². The molecule has 8 heteroatoms. The Bertz CT molecular complexity index is 783. The van der Waals surface area contributed by atoms with Crippen LogP contribution in [0.2, 0.25) is 5.02 Å². The first-order valence-corrected chi connectivity index (χ1v) is 9.29. The average Bonchev–Trinajstić information content (AvgIpc) is 2.84. The quantitative estimate of drug-likeness (QED) is 0.776. The van der Waals surface area contributed by atoms with Gasteiger partial charge in [0.2, 0.25) is 0 Å². The molecule has 2 aromatic rings. The fourth-order valence-corrected chi connectivity index (χ4v) is 5.05. The highest BCUT2D eigenvalue weighted by atomic mass is 35.5. The van der Waals surface area contributed by atoms with Crippen molar-refractivity contribution >= 4 is 49.0 Å². The van der Waals surface area contributed by atoms with Crippen LogP contribution in [0, 0.1) is 0 Å². The topological polar surface area (TPSA) is 73.3 Å². The van der Waals surface area contributed by atoms with Crippen molar-refractivity contribution in [3.63, 3.8) is 0 Å². The Morgan fingerprint density at radius 2 is 2.14 bits per heavy atom. The number of nitrogens with zero attached hydrogens (tertiary/aromatic N) is 1. The number of carbonyl (C=O) groups excluding carboxylic acids is 1. The first kappa shape index (κ1) is 16.2. The lowest BCUT2D eigenvalue weighted by atomic mass is 10.2. The van der Waals surface area contributed by atoms with Gasteiger partial charge in [0.25, 0.3) is 0 Å². The smallest absolute Gasteiger partial charge is 0.341 e. The van der Waals surface area contributed by atoms with Gasteiger partial charge in [-0.25, -0.2) is 13.2 Å². The summed E-state index contributed by atoms with van der Waals surface area (Å²) < 4.78 is 29.7. The summed E-state index contributed by atoms with van der Waals surface area (Å²) in [6.45, 7) is 3.72. The minimum Gasteiger partial charge on any atom is -0.462 e. The number of fused-ring (bicyclic) bond motifs is 1. The summed E-state index contributed by atoms with van der Waals surface area (Å²) in [4.78, 5) is 16.0. The lowest BCUT2D eigenvalue weighted by Crippen LogP contribution is -2.07. The maximum atomic E-state index is 12.2. The SMILES string of the molecule is CCCS(=O)(=O)c1csc2c(Cl)c(C(=O)OCC)cnc12. The van der Waals surface area contributed by atoms with E-state index in [1.807, 2.05) is 0 Å². The predicted molar refractivity (Wildman–Crippen MR) is 82.9 cm³/mol. The zero-order chi connectivity index (χ0) is 15.6. The van der Waals surface area contributed by atoms with E-state index in [0.29, 0.717) is 16.6 Å². The fraction of sp³-hybridized carbons (Fsp3) is 0.385. The molecule has 0 aliphatic rings. The highest BCUT2D eigenvalue weighted by molar-refractivity contribution is 7.91. The number of aromatic nitrogens is 1. The third-order valence-electron chi connectivity index (χ3n) is 2.79. The molecule has 0 unspecified atom stereocenters. The number of pyridine rings is 1. The summed E-state index contributed by atoms with van der Waals surface area (Å²) >= 11 is 7.35. The Balaban J connectivity index is 2.58. The lowest BCUT2D eigenvalue weighted by molar-refractivity contribution is 0.0526. The first-order valence-electron chi connectivity index (χ1n) is 6.38. The summed E-state index contributed by atoms with van der Waals surface area (Å²) in [6.07, 6.45) is 1.79. The molecule has 2 rings (SSSR count). The molecule has 0 N–H and O–H groups in total. The molecular weight excluding hydrogens is 334 g/mol. The van der Waals surface area contributed by atoms with E-state index >= 15 is 0 Å². The van der Waals surface area contributed by atoms with Crippen molar-refractivity contribution in [3.8, 4) is 0 Å². The Morgan fingerprint density at radius 3 is 2.76 bits per heavy atom. The Labute approximate surface area is 131 Å². The molecule has 0 saturated carbocycles. The van der Waals surface area contributed by atoms with Crippen molar-refractivity contribution in [2.45, 2.75) is 25.2 Å². The van der Waals surface area contributed by atoms with Crippen LogP contribution in [0.4, 0.5) is 0 Å². The number of hydrogen-bond acceptors (Lipinski definition) is 6. The monoisotopic (exact) mass is 347 g/mol. The molecule has 114 valence electrons. The van der Waals surface area contributed by atoms with Gasteiger partial charge >= 0.3 is 5.97 Å². The molecule has 0 amide bonds. The van der Waals surface area contributed by atoms with Gasteiger partial charge in [-0.15, -0.1) is 11.3 Å². The molecule has 0 spiro atoms. The van der Waals surface area contributed by atoms with Gasteiger partial charge in [0.1, 0.15) is 10.4 Å². The number of hydrogen-bond donors (Lipinski definition) is 0. The van der Waals surface area contributed by atoms with E-state index in [4.69, 9.17) is 16.3 Å². The summed E-state index contributed by atoms with van der Waals surface area (Å²) in [5, 5.41) is 1.70. The minimum atomic E-state index is -3.38. The van der Waals surface area contributed by atoms with E-state index in [-0.39, 0.29) is 27.8 Å². The number of sulfone groups is 1. The highest BCUT2D eigenvalue weighted by Gasteiger charge is 2.23. The van der Waals surface area contributed by atoms with Crippen LogP contribution < -0.4 is 0 Å². The van der Waals surface area contributed by atoms with E-state index in [9.17, 15) is 13.2 Å². The molecular formula is C13H14ClNO4S2. The summed E-state index contributed by atoms with van der Waals surface area (Å²) in [7, 11) is -3.38. The Kier molecular flexibility index (Phi) is 4.85. The normalized spacial score (nSPS) is 11.8. The largest absolute Gasteiger partial charge is 0.462 e. The van der Waals surface area contributed by atoms with Crippen LogP contribution in [0.1, 0.15) is 30.6 Å². The van der Waals surface area contributed by atoms with E-state index in [1.165, 1.54) is 11.6 Å². The van der Waals surface area contributed by atoms with E-state index in [0.717, 1.165) is 11.3 Å². The molecule has 0 aliphatic carbocycles. The molecule has 0 aliphatic heterocycles. The van der Waals surface area contributed by atoms with Crippen LogP contribution in [0.15, 0.2) is 16.5 Å². The second kappa shape index (κ2) is 6.29. The molecule has 0 aromatic carbocycles. The first-order chi connectivity index (χ1) is 9.92. The number of carbonyl (C=O) groups is 1. The molecule has 0 saturated heterocycles. The minimum absolute atomic E-state index is 0.0533. The van der Waals surface area contributed by atoms with Gasteiger partial charge in [0.05, 0.1) is 27.6 Å². The summed E-state index contributed by atoms with van der Waals surface area (Å²) in [5.41, 5.74) is 0.457. The lowest BCUT2D eigenvalue weighted by Gasteiger charge is -2.05. The van der Waals surface area contributed by atoms with E-state index in [1.54, 1.807) is 13.8 Å². The second-order valence-electron chi connectivity index (χ2n) is 4.30. The zero-order valence-electron chi connectivity index (χ0n) is 11.6. The van der Waals surface area contributed by atoms with Crippen LogP contribution in [-0.2, 0) is 14.6 Å². The van der Waals surface area contributed by atoms with Crippen LogP contribution in [0.5, 0.6) is 0 Å². The van der Waals surface area contributed by atoms with Gasteiger partial charge in [-0.2, -0.15) is 0 Å². The number of ether oxygens (including phenoxy) is 1. The Hall–Kier alpha value is -1.18. The van der Waals surface area contributed by atoms with Crippen LogP contribution in [-0.4, -0.2) is 31.7 Å². The third kappa shape index (κ3) is 3.04. The number of esters is 1. The van der Waals surface area contributed by atoms with Crippen LogP contribution in [0.25, 0.3) is 10.2 Å². The number of thiophene rings is 1. The van der Waals surface area contributed by atoms with E-state index < -0.39 is 15.8 Å². The maximum absolute atomic E-state index is 12.2. The van der Waals surface area contributed by atoms with Gasteiger partial charge in [0, 0.05) is 11.6 Å². The predicted octanol–water partition coefficient (Wildman–Crippen LogP) is 3.31. The highest BCUT2D eigenvalue weighted by Crippen LogP contribution is 2.35. The van der Waals surface area contributed by atoms with Gasteiger partial charge in [-0.1, -0.05) is 18.5 Å². The van der Waals surface area contributed by atoms with Crippen LogP contribution in [0.3, 0.4) is 0 Å². The molecule has 5 nitrogen and oxygen atoms in total. The average molecular weight is 348 g/mol. The zero-order valence-corrected chi connectivity index (χ0v) is 13.9. The summed E-state index contributed by atoms with van der Waals surface area (Å²) in [6, 6.07) is 0. The van der Waals surface area contributed by atoms with Crippen molar-refractivity contribution in [3.05, 3.63) is 22.2 Å². The number of rotatable bonds is 5. The molecule has 2 heterocycles. The van der Waals surface area contributed by atoms with Gasteiger partial charge < -0.3 is 4.74 Å². The molecule has 2 aromatic heterocycles. The molecule has 0 bridgehead atoms.